The number of halogens is 2. The molecule has 1 aliphatic heterocycles. The van der Waals surface area contributed by atoms with E-state index in [2.05, 4.69) is 10.2 Å². The first-order valence-corrected chi connectivity index (χ1v) is 6.50. The molecule has 1 heterocycles. The number of aryl methyl sites for hydroxylation is 1. The largest absolute Gasteiger partial charge is 0.315 e. The van der Waals surface area contributed by atoms with Crippen LogP contribution in [0.3, 0.4) is 0 Å². The second kappa shape index (κ2) is 5.76. The van der Waals surface area contributed by atoms with Crippen LogP contribution in [0.2, 0.25) is 0 Å². The minimum Gasteiger partial charge on any atom is -0.315 e. The van der Waals surface area contributed by atoms with Crippen molar-refractivity contribution in [3.63, 3.8) is 0 Å². The zero-order valence-corrected chi connectivity index (χ0v) is 11.0. The summed E-state index contributed by atoms with van der Waals surface area (Å²) in [6, 6.07) is 2.55. The Labute approximate surface area is 107 Å². The van der Waals surface area contributed by atoms with Gasteiger partial charge < -0.3 is 5.32 Å². The van der Waals surface area contributed by atoms with E-state index in [1.807, 2.05) is 6.92 Å². The van der Waals surface area contributed by atoms with Crippen LogP contribution in [0.15, 0.2) is 12.1 Å². The summed E-state index contributed by atoms with van der Waals surface area (Å²) in [5, 5.41) is 3.31. The molecule has 0 bridgehead atoms. The van der Waals surface area contributed by atoms with Crippen LogP contribution in [0, 0.1) is 18.6 Å². The molecule has 2 nitrogen and oxygen atoms in total. The molecule has 1 saturated heterocycles. The number of nitrogens with one attached hydrogen (secondary N) is 1. The maximum absolute atomic E-state index is 13.9. The molecule has 4 heteroatoms. The lowest BCUT2D eigenvalue weighted by Gasteiger charge is -2.28. The van der Waals surface area contributed by atoms with Gasteiger partial charge in [-0.3, -0.25) is 4.90 Å². The van der Waals surface area contributed by atoms with Gasteiger partial charge in [0, 0.05) is 24.7 Å². The Morgan fingerprint density at radius 3 is 2.72 bits per heavy atom. The van der Waals surface area contributed by atoms with Crippen molar-refractivity contribution in [2.75, 3.05) is 26.2 Å². The first kappa shape index (κ1) is 13.4. The molecule has 1 aromatic rings. The highest BCUT2D eigenvalue weighted by Gasteiger charge is 2.21. The quantitative estimate of drug-likeness (QED) is 0.872. The van der Waals surface area contributed by atoms with Crippen LogP contribution in [0.5, 0.6) is 0 Å². The Balaban J connectivity index is 2.21. The Hall–Kier alpha value is -1.00. The van der Waals surface area contributed by atoms with Crippen LogP contribution in [-0.2, 0) is 0 Å². The Morgan fingerprint density at radius 2 is 1.94 bits per heavy atom. The lowest BCUT2D eigenvalue weighted by molar-refractivity contribution is 0.220. The molecule has 1 aliphatic rings. The van der Waals surface area contributed by atoms with Gasteiger partial charge in [0.2, 0.25) is 0 Å². The van der Waals surface area contributed by atoms with Crippen molar-refractivity contribution in [1.82, 2.24) is 10.2 Å². The average Bonchev–Trinajstić information content (AvgIpc) is 2.61. The van der Waals surface area contributed by atoms with Crippen molar-refractivity contribution in [2.45, 2.75) is 26.3 Å². The SMILES string of the molecule is Cc1cc(F)c(C(C)N2CCCNCC2)cc1F. The maximum atomic E-state index is 13.9. The fraction of sp³-hybridized carbons (Fsp3) is 0.571. The van der Waals surface area contributed by atoms with E-state index < -0.39 is 0 Å². The monoisotopic (exact) mass is 254 g/mol. The second-order valence-electron chi connectivity index (χ2n) is 4.94. The Kier molecular flexibility index (Phi) is 4.30. The Bertz CT molecular complexity index is 413. The van der Waals surface area contributed by atoms with E-state index in [-0.39, 0.29) is 17.7 Å². The molecule has 0 amide bonds. The third kappa shape index (κ3) is 2.87. The predicted octanol–water partition coefficient (Wildman–Crippen LogP) is 2.63. The van der Waals surface area contributed by atoms with E-state index in [0.29, 0.717) is 11.1 Å². The van der Waals surface area contributed by atoms with Gasteiger partial charge in [-0.1, -0.05) is 0 Å². The lowest BCUT2D eigenvalue weighted by Crippen LogP contribution is -2.31. The minimum absolute atomic E-state index is 0.0833. The van der Waals surface area contributed by atoms with Gasteiger partial charge in [-0.25, -0.2) is 8.78 Å². The topological polar surface area (TPSA) is 15.3 Å². The van der Waals surface area contributed by atoms with Gasteiger partial charge in [-0.15, -0.1) is 0 Å². The van der Waals surface area contributed by atoms with Gasteiger partial charge in [0.25, 0.3) is 0 Å². The van der Waals surface area contributed by atoms with Crippen molar-refractivity contribution in [1.29, 1.82) is 0 Å². The normalized spacial score (nSPS) is 19.6. The highest BCUT2D eigenvalue weighted by atomic mass is 19.1. The number of hydrogen-bond donors (Lipinski definition) is 1. The van der Waals surface area contributed by atoms with E-state index in [9.17, 15) is 8.78 Å². The van der Waals surface area contributed by atoms with Crippen molar-refractivity contribution < 1.29 is 8.78 Å². The van der Waals surface area contributed by atoms with Crippen molar-refractivity contribution in [3.8, 4) is 0 Å². The third-order valence-corrected chi connectivity index (χ3v) is 3.65. The molecule has 0 spiro atoms. The number of benzene rings is 1. The first-order valence-electron chi connectivity index (χ1n) is 6.50. The van der Waals surface area contributed by atoms with Crippen LogP contribution in [0.1, 0.15) is 30.5 Å². The van der Waals surface area contributed by atoms with Gasteiger partial charge in [0.1, 0.15) is 11.6 Å². The first-order chi connectivity index (χ1) is 8.59. The van der Waals surface area contributed by atoms with Crippen molar-refractivity contribution in [2.24, 2.45) is 0 Å². The number of hydrogen-bond acceptors (Lipinski definition) is 2. The maximum Gasteiger partial charge on any atom is 0.128 e. The molecular weight excluding hydrogens is 234 g/mol. The van der Waals surface area contributed by atoms with E-state index in [1.165, 1.54) is 12.1 Å². The molecule has 100 valence electrons. The van der Waals surface area contributed by atoms with Gasteiger partial charge in [0.05, 0.1) is 0 Å². The molecule has 0 aromatic heterocycles. The lowest BCUT2D eigenvalue weighted by atomic mass is 10.0. The summed E-state index contributed by atoms with van der Waals surface area (Å²) in [7, 11) is 0. The van der Waals surface area contributed by atoms with E-state index in [0.717, 1.165) is 32.6 Å². The molecule has 2 rings (SSSR count). The highest BCUT2D eigenvalue weighted by Crippen LogP contribution is 2.25. The summed E-state index contributed by atoms with van der Waals surface area (Å²) in [5.41, 5.74) is 0.820. The molecule has 1 aromatic carbocycles. The molecule has 1 fully saturated rings. The molecule has 1 N–H and O–H groups in total. The van der Waals surface area contributed by atoms with Gasteiger partial charge in [0.15, 0.2) is 0 Å². The van der Waals surface area contributed by atoms with Crippen molar-refractivity contribution in [3.05, 3.63) is 34.9 Å². The standard InChI is InChI=1S/C14H20F2N2/c1-10-8-14(16)12(9-13(10)15)11(2)18-6-3-4-17-5-7-18/h8-9,11,17H,3-7H2,1-2H3. The second-order valence-corrected chi connectivity index (χ2v) is 4.94. The van der Waals surface area contributed by atoms with Gasteiger partial charge in [-0.05, 0) is 51.1 Å². The molecular formula is C14H20F2N2. The molecule has 1 unspecified atom stereocenters. The van der Waals surface area contributed by atoms with Crippen LogP contribution >= 0.6 is 0 Å². The summed E-state index contributed by atoms with van der Waals surface area (Å²) >= 11 is 0. The van der Waals surface area contributed by atoms with E-state index in [4.69, 9.17) is 0 Å². The number of nitrogens with zero attached hydrogens (tertiary/aromatic N) is 1. The fourth-order valence-electron chi connectivity index (χ4n) is 2.43. The smallest absolute Gasteiger partial charge is 0.128 e. The Morgan fingerprint density at radius 1 is 1.17 bits per heavy atom. The van der Waals surface area contributed by atoms with Crippen LogP contribution < -0.4 is 5.32 Å². The molecule has 0 saturated carbocycles. The van der Waals surface area contributed by atoms with E-state index >= 15 is 0 Å². The van der Waals surface area contributed by atoms with Gasteiger partial charge >= 0.3 is 0 Å². The van der Waals surface area contributed by atoms with Crippen molar-refractivity contribution >= 4 is 0 Å². The fourth-order valence-corrected chi connectivity index (χ4v) is 2.43. The van der Waals surface area contributed by atoms with E-state index in [1.54, 1.807) is 6.92 Å². The highest BCUT2D eigenvalue weighted by molar-refractivity contribution is 5.27. The summed E-state index contributed by atoms with van der Waals surface area (Å²) in [6.07, 6.45) is 1.04. The minimum atomic E-state index is -0.328. The zero-order chi connectivity index (χ0) is 13.1. The zero-order valence-electron chi connectivity index (χ0n) is 11.0. The predicted molar refractivity (Wildman–Crippen MR) is 68.6 cm³/mol. The molecule has 0 aliphatic carbocycles. The summed E-state index contributed by atoms with van der Waals surface area (Å²) in [6.45, 7) is 7.22. The van der Waals surface area contributed by atoms with Crippen LogP contribution in [0.4, 0.5) is 8.78 Å². The average molecular weight is 254 g/mol. The molecule has 18 heavy (non-hydrogen) atoms. The van der Waals surface area contributed by atoms with Crippen LogP contribution in [-0.4, -0.2) is 31.1 Å². The molecule has 0 radical (unpaired) electrons. The number of rotatable bonds is 2. The summed E-state index contributed by atoms with van der Waals surface area (Å²) in [4.78, 5) is 2.20. The van der Waals surface area contributed by atoms with Crippen LogP contribution in [0.25, 0.3) is 0 Å². The third-order valence-electron chi connectivity index (χ3n) is 3.65. The molecule has 1 atom stereocenters. The summed E-state index contributed by atoms with van der Waals surface area (Å²) in [5.74, 6) is -0.634. The summed E-state index contributed by atoms with van der Waals surface area (Å²) < 4.78 is 27.5. The van der Waals surface area contributed by atoms with Gasteiger partial charge in [-0.2, -0.15) is 0 Å².